The summed E-state index contributed by atoms with van der Waals surface area (Å²) in [7, 11) is 3.08. The molecule has 0 spiro atoms. The number of benzene rings is 1. The van der Waals surface area contributed by atoms with E-state index >= 15 is 0 Å². The van der Waals surface area contributed by atoms with Crippen LogP contribution < -0.4 is 5.32 Å². The van der Waals surface area contributed by atoms with Crippen LogP contribution in [0.25, 0.3) is 0 Å². The van der Waals surface area contributed by atoms with E-state index in [2.05, 4.69) is 5.32 Å². The van der Waals surface area contributed by atoms with E-state index in [1.54, 1.807) is 7.11 Å². The SMILES string of the molecule is COCC(C)(C)NCC(C(=O)OC)c1ccccc1. The number of ether oxygens (including phenoxy) is 2. The Morgan fingerprint density at radius 1 is 1.26 bits per heavy atom. The van der Waals surface area contributed by atoms with Gasteiger partial charge in [-0.05, 0) is 19.4 Å². The van der Waals surface area contributed by atoms with Gasteiger partial charge in [-0.2, -0.15) is 0 Å². The molecule has 4 heteroatoms. The lowest BCUT2D eigenvalue weighted by atomic mass is 9.97. The molecule has 1 N–H and O–H groups in total. The molecule has 0 radical (unpaired) electrons. The average Bonchev–Trinajstić information content (AvgIpc) is 2.39. The first-order valence-corrected chi connectivity index (χ1v) is 6.37. The highest BCUT2D eigenvalue weighted by atomic mass is 16.5. The molecule has 0 saturated carbocycles. The van der Waals surface area contributed by atoms with Gasteiger partial charge in [0.2, 0.25) is 0 Å². The van der Waals surface area contributed by atoms with E-state index in [4.69, 9.17) is 9.47 Å². The van der Waals surface area contributed by atoms with Crippen molar-refractivity contribution in [3.05, 3.63) is 35.9 Å². The maximum Gasteiger partial charge on any atom is 0.314 e. The topological polar surface area (TPSA) is 47.6 Å². The zero-order valence-electron chi connectivity index (χ0n) is 12.1. The predicted octanol–water partition coefficient (Wildman–Crippen LogP) is 1.96. The van der Waals surface area contributed by atoms with E-state index in [0.717, 1.165) is 5.56 Å². The van der Waals surface area contributed by atoms with Crippen LogP contribution in [0.15, 0.2) is 30.3 Å². The van der Waals surface area contributed by atoms with Crippen molar-refractivity contribution in [1.29, 1.82) is 0 Å². The third-order valence-corrected chi connectivity index (χ3v) is 2.98. The molecule has 106 valence electrons. The summed E-state index contributed by atoms with van der Waals surface area (Å²) in [6.45, 7) is 5.17. The largest absolute Gasteiger partial charge is 0.469 e. The molecule has 1 rings (SSSR count). The number of carbonyl (C=O) groups excluding carboxylic acids is 1. The predicted molar refractivity (Wildman–Crippen MR) is 75.2 cm³/mol. The van der Waals surface area contributed by atoms with Crippen molar-refractivity contribution in [2.24, 2.45) is 0 Å². The third-order valence-electron chi connectivity index (χ3n) is 2.98. The molecule has 19 heavy (non-hydrogen) atoms. The van der Waals surface area contributed by atoms with Gasteiger partial charge < -0.3 is 14.8 Å². The minimum absolute atomic E-state index is 0.185. The minimum Gasteiger partial charge on any atom is -0.469 e. The fourth-order valence-electron chi connectivity index (χ4n) is 1.96. The molecule has 0 aromatic heterocycles. The van der Waals surface area contributed by atoms with Crippen LogP contribution in [0.3, 0.4) is 0 Å². The van der Waals surface area contributed by atoms with Gasteiger partial charge in [-0.25, -0.2) is 0 Å². The van der Waals surface area contributed by atoms with Crippen LogP contribution >= 0.6 is 0 Å². The van der Waals surface area contributed by atoms with E-state index in [1.165, 1.54) is 7.11 Å². The van der Waals surface area contributed by atoms with Crippen molar-refractivity contribution in [2.75, 3.05) is 27.4 Å². The Kier molecular flexibility index (Phi) is 5.99. The summed E-state index contributed by atoms with van der Waals surface area (Å²) in [4.78, 5) is 11.9. The smallest absolute Gasteiger partial charge is 0.314 e. The molecule has 1 atom stereocenters. The standard InChI is InChI=1S/C15H23NO3/c1-15(2,11-18-3)16-10-13(14(17)19-4)12-8-6-5-7-9-12/h5-9,13,16H,10-11H2,1-4H3. The summed E-state index contributed by atoms with van der Waals surface area (Å²) >= 11 is 0. The maximum atomic E-state index is 11.9. The lowest BCUT2D eigenvalue weighted by Gasteiger charge is -2.27. The van der Waals surface area contributed by atoms with Gasteiger partial charge in [-0.15, -0.1) is 0 Å². The van der Waals surface area contributed by atoms with Crippen molar-refractivity contribution < 1.29 is 14.3 Å². The number of nitrogens with one attached hydrogen (secondary N) is 1. The first-order valence-electron chi connectivity index (χ1n) is 6.37. The van der Waals surface area contributed by atoms with Crippen LogP contribution in [0.1, 0.15) is 25.3 Å². The highest BCUT2D eigenvalue weighted by Crippen LogP contribution is 2.17. The Balaban J connectivity index is 2.75. The summed E-state index contributed by atoms with van der Waals surface area (Å²) in [5.74, 6) is -0.533. The molecule has 1 unspecified atom stereocenters. The van der Waals surface area contributed by atoms with Crippen molar-refractivity contribution in [1.82, 2.24) is 5.32 Å². The molecule has 0 bridgehead atoms. The van der Waals surface area contributed by atoms with E-state index in [0.29, 0.717) is 13.2 Å². The quantitative estimate of drug-likeness (QED) is 0.766. The monoisotopic (exact) mass is 265 g/mol. The van der Waals surface area contributed by atoms with E-state index < -0.39 is 0 Å². The molecule has 0 fully saturated rings. The number of rotatable bonds is 7. The van der Waals surface area contributed by atoms with Crippen LogP contribution in [0.4, 0.5) is 0 Å². The van der Waals surface area contributed by atoms with Crippen LogP contribution in [0.2, 0.25) is 0 Å². The van der Waals surface area contributed by atoms with Gasteiger partial charge in [0.25, 0.3) is 0 Å². The number of carbonyl (C=O) groups is 1. The Morgan fingerprint density at radius 3 is 2.42 bits per heavy atom. The molecular weight excluding hydrogens is 242 g/mol. The van der Waals surface area contributed by atoms with Crippen LogP contribution in [0, 0.1) is 0 Å². The number of hydrogen-bond donors (Lipinski definition) is 1. The lowest BCUT2D eigenvalue weighted by Crippen LogP contribution is -2.46. The van der Waals surface area contributed by atoms with Gasteiger partial charge >= 0.3 is 5.97 Å². The van der Waals surface area contributed by atoms with E-state index in [-0.39, 0.29) is 17.4 Å². The second kappa shape index (κ2) is 7.26. The highest BCUT2D eigenvalue weighted by Gasteiger charge is 2.25. The molecule has 4 nitrogen and oxygen atoms in total. The normalized spacial score (nSPS) is 13.1. The van der Waals surface area contributed by atoms with Gasteiger partial charge in [0.05, 0.1) is 19.6 Å². The molecule has 0 heterocycles. The average molecular weight is 265 g/mol. The van der Waals surface area contributed by atoms with Crippen LogP contribution in [0.5, 0.6) is 0 Å². The summed E-state index contributed by atoms with van der Waals surface area (Å²) in [6, 6.07) is 9.65. The highest BCUT2D eigenvalue weighted by molar-refractivity contribution is 5.78. The van der Waals surface area contributed by atoms with Gasteiger partial charge in [0, 0.05) is 19.2 Å². The van der Waals surface area contributed by atoms with E-state index in [9.17, 15) is 4.79 Å². The Bertz CT molecular complexity index is 390. The van der Waals surface area contributed by atoms with Gasteiger partial charge in [-0.3, -0.25) is 4.79 Å². The fraction of sp³-hybridized carbons (Fsp3) is 0.533. The molecular formula is C15H23NO3. The molecule has 1 aromatic carbocycles. The summed E-state index contributed by atoms with van der Waals surface area (Å²) in [5, 5.41) is 3.35. The third kappa shape index (κ3) is 5.01. The molecule has 0 aliphatic rings. The van der Waals surface area contributed by atoms with Crippen LogP contribution in [-0.2, 0) is 14.3 Å². The van der Waals surface area contributed by atoms with E-state index in [1.807, 2.05) is 44.2 Å². The summed E-state index contributed by atoms with van der Waals surface area (Å²) in [6.07, 6.45) is 0. The first-order chi connectivity index (χ1) is 9.00. The van der Waals surface area contributed by atoms with Crippen molar-refractivity contribution in [3.8, 4) is 0 Å². The van der Waals surface area contributed by atoms with Crippen LogP contribution in [-0.4, -0.2) is 38.9 Å². The van der Waals surface area contributed by atoms with Gasteiger partial charge in [-0.1, -0.05) is 30.3 Å². The number of methoxy groups -OCH3 is 2. The Hall–Kier alpha value is -1.39. The molecule has 0 amide bonds. The Labute approximate surface area is 115 Å². The lowest BCUT2D eigenvalue weighted by molar-refractivity contribution is -0.142. The second-order valence-electron chi connectivity index (χ2n) is 5.18. The zero-order chi connectivity index (χ0) is 14.3. The maximum absolute atomic E-state index is 11.9. The number of esters is 1. The summed E-state index contributed by atoms with van der Waals surface area (Å²) in [5.41, 5.74) is 0.769. The molecule has 0 aliphatic carbocycles. The van der Waals surface area contributed by atoms with Crippen molar-refractivity contribution in [2.45, 2.75) is 25.3 Å². The second-order valence-corrected chi connectivity index (χ2v) is 5.18. The number of hydrogen-bond acceptors (Lipinski definition) is 4. The first kappa shape index (κ1) is 15.7. The molecule has 1 aromatic rings. The van der Waals surface area contributed by atoms with Gasteiger partial charge in [0.1, 0.15) is 0 Å². The minimum atomic E-state index is -0.303. The van der Waals surface area contributed by atoms with Crippen molar-refractivity contribution in [3.63, 3.8) is 0 Å². The molecule has 0 aliphatic heterocycles. The Morgan fingerprint density at radius 2 is 1.89 bits per heavy atom. The molecule has 0 saturated heterocycles. The van der Waals surface area contributed by atoms with Gasteiger partial charge in [0.15, 0.2) is 0 Å². The van der Waals surface area contributed by atoms with Crippen molar-refractivity contribution >= 4 is 5.97 Å². The fourth-order valence-corrected chi connectivity index (χ4v) is 1.96. The summed E-state index contributed by atoms with van der Waals surface area (Å²) < 4.78 is 10.0. The zero-order valence-corrected chi connectivity index (χ0v) is 12.1.